The Balaban J connectivity index is 1.90. The van der Waals surface area contributed by atoms with Crippen molar-refractivity contribution in [3.05, 3.63) is 74.6 Å². The van der Waals surface area contributed by atoms with Gasteiger partial charge in [0.2, 0.25) is 0 Å². The third kappa shape index (κ3) is 3.28. The summed E-state index contributed by atoms with van der Waals surface area (Å²) >= 11 is 1.24. The summed E-state index contributed by atoms with van der Waals surface area (Å²) in [6.45, 7) is 1.03. The fourth-order valence-corrected chi connectivity index (χ4v) is 3.94. The van der Waals surface area contributed by atoms with Gasteiger partial charge in [-0.1, -0.05) is 0 Å². The molecule has 0 aliphatic carbocycles. The molecule has 0 bridgehead atoms. The van der Waals surface area contributed by atoms with E-state index in [1.54, 1.807) is 36.4 Å². The molecular formula is C20H14F3N3O3S. The number of fused-ring (bicyclic) bond motifs is 1. The number of benzene rings is 2. The maximum Gasteiger partial charge on any atom is 0.431 e. The van der Waals surface area contributed by atoms with Crippen LogP contribution in [-0.4, -0.2) is 21.0 Å². The largest absolute Gasteiger partial charge is 0.497 e. The number of halogens is 3. The zero-order valence-electron chi connectivity index (χ0n) is 15.7. The standard InChI is InChI=1S/C20H14F3N3O3S/c1-10-17(20(21,22)23)24-19(28)26(18(10)27)12-5-8-15-14(9-12)16(25-30-15)11-3-6-13(29-2)7-4-11/h3-9H,1-2H3,(H,24,28). The first kappa shape index (κ1) is 19.9. The molecule has 2 aromatic carbocycles. The molecule has 0 amide bonds. The van der Waals surface area contributed by atoms with Crippen LogP contribution < -0.4 is 16.0 Å². The van der Waals surface area contributed by atoms with E-state index >= 15 is 0 Å². The van der Waals surface area contributed by atoms with Gasteiger partial charge < -0.3 is 9.72 Å². The molecule has 0 atom stereocenters. The first-order chi connectivity index (χ1) is 14.2. The lowest BCUT2D eigenvalue weighted by molar-refractivity contribution is -0.142. The van der Waals surface area contributed by atoms with E-state index in [0.29, 0.717) is 21.4 Å². The molecule has 0 aliphatic rings. The Bertz CT molecular complexity index is 1370. The third-order valence-corrected chi connectivity index (χ3v) is 5.52. The van der Waals surface area contributed by atoms with Gasteiger partial charge in [-0.05, 0) is 60.9 Å². The number of aromatic amines is 1. The third-order valence-electron chi connectivity index (χ3n) is 4.69. The predicted molar refractivity (Wildman–Crippen MR) is 108 cm³/mol. The number of nitrogens with zero attached hydrogens (tertiary/aromatic N) is 2. The Morgan fingerprint density at radius 1 is 1.10 bits per heavy atom. The molecule has 1 N–H and O–H groups in total. The number of hydrogen-bond acceptors (Lipinski definition) is 5. The van der Waals surface area contributed by atoms with Crippen LogP contribution in [0.2, 0.25) is 0 Å². The van der Waals surface area contributed by atoms with E-state index in [0.717, 1.165) is 17.2 Å². The summed E-state index contributed by atoms with van der Waals surface area (Å²) < 4.78 is 50.3. The highest BCUT2D eigenvalue weighted by Gasteiger charge is 2.35. The maximum absolute atomic E-state index is 13.1. The van der Waals surface area contributed by atoms with Crippen molar-refractivity contribution in [2.75, 3.05) is 7.11 Å². The molecule has 0 fully saturated rings. The molecule has 0 aliphatic heterocycles. The molecular weight excluding hydrogens is 419 g/mol. The fourth-order valence-electron chi connectivity index (χ4n) is 3.16. The van der Waals surface area contributed by atoms with E-state index in [4.69, 9.17) is 4.74 Å². The number of nitrogens with one attached hydrogen (secondary N) is 1. The highest BCUT2D eigenvalue weighted by atomic mass is 32.1. The quantitative estimate of drug-likeness (QED) is 0.527. The fraction of sp³-hybridized carbons (Fsp3) is 0.150. The number of methoxy groups -OCH3 is 1. The van der Waals surface area contributed by atoms with Crippen LogP contribution >= 0.6 is 11.5 Å². The van der Waals surface area contributed by atoms with Crippen molar-refractivity contribution in [1.29, 1.82) is 0 Å². The first-order valence-corrected chi connectivity index (χ1v) is 9.45. The number of ether oxygens (including phenoxy) is 1. The lowest BCUT2D eigenvalue weighted by Crippen LogP contribution is -2.38. The van der Waals surface area contributed by atoms with E-state index in [1.807, 2.05) is 12.1 Å². The van der Waals surface area contributed by atoms with Gasteiger partial charge in [0.15, 0.2) is 0 Å². The number of alkyl halides is 3. The molecule has 0 saturated carbocycles. The van der Waals surface area contributed by atoms with Crippen molar-refractivity contribution in [2.24, 2.45) is 0 Å². The Morgan fingerprint density at radius 2 is 1.80 bits per heavy atom. The van der Waals surface area contributed by atoms with Crippen molar-refractivity contribution in [2.45, 2.75) is 13.1 Å². The van der Waals surface area contributed by atoms with Crippen LogP contribution in [0.4, 0.5) is 13.2 Å². The van der Waals surface area contributed by atoms with Gasteiger partial charge in [0, 0.05) is 16.5 Å². The average Bonchev–Trinajstić information content (AvgIpc) is 3.13. The summed E-state index contributed by atoms with van der Waals surface area (Å²) in [5.41, 5.74) is -2.53. The van der Waals surface area contributed by atoms with Crippen molar-refractivity contribution >= 4 is 21.6 Å². The number of H-pyrrole nitrogens is 1. The zero-order chi connectivity index (χ0) is 21.6. The average molecular weight is 433 g/mol. The van der Waals surface area contributed by atoms with Crippen molar-refractivity contribution in [3.63, 3.8) is 0 Å². The molecule has 4 rings (SSSR count). The lowest BCUT2D eigenvalue weighted by atomic mass is 10.1. The van der Waals surface area contributed by atoms with Crippen molar-refractivity contribution in [3.8, 4) is 22.7 Å². The number of hydrogen-bond donors (Lipinski definition) is 1. The van der Waals surface area contributed by atoms with Gasteiger partial charge in [-0.15, -0.1) is 0 Å². The summed E-state index contributed by atoms with van der Waals surface area (Å²) in [4.78, 5) is 26.7. The van der Waals surface area contributed by atoms with Gasteiger partial charge in [0.05, 0.1) is 23.2 Å². The molecule has 154 valence electrons. The highest BCUT2D eigenvalue weighted by molar-refractivity contribution is 7.13. The van der Waals surface area contributed by atoms with Crippen LogP contribution in [0, 0.1) is 6.92 Å². The predicted octanol–water partition coefficient (Wildman–Crippen LogP) is 4.14. The molecule has 6 nitrogen and oxygen atoms in total. The molecule has 10 heteroatoms. The summed E-state index contributed by atoms with van der Waals surface area (Å²) in [5.74, 6) is 0.678. The zero-order valence-corrected chi connectivity index (χ0v) is 16.5. The Kier molecular flexibility index (Phi) is 4.73. The van der Waals surface area contributed by atoms with Crippen LogP contribution in [-0.2, 0) is 6.18 Å². The topological polar surface area (TPSA) is 77.0 Å². The minimum atomic E-state index is -4.83. The van der Waals surface area contributed by atoms with Gasteiger partial charge in [-0.25, -0.2) is 9.36 Å². The SMILES string of the molecule is COc1ccc(-c2nsc3ccc(-n4c(=O)[nH]c(C(F)(F)F)c(C)c4=O)cc23)cc1. The van der Waals surface area contributed by atoms with E-state index in [9.17, 15) is 22.8 Å². The summed E-state index contributed by atoms with van der Waals surface area (Å²) in [5, 5.41) is 0.673. The molecule has 2 heterocycles. The number of aromatic nitrogens is 3. The van der Waals surface area contributed by atoms with E-state index in [2.05, 4.69) is 4.37 Å². The highest BCUT2D eigenvalue weighted by Crippen LogP contribution is 2.33. The Hall–Kier alpha value is -3.40. The molecule has 0 unspecified atom stereocenters. The second-order valence-electron chi connectivity index (χ2n) is 6.51. The second-order valence-corrected chi connectivity index (χ2v) is 7.31. The van der Waals surface area contributed by atoms with E-state index in [-0.39, 0.29) is 5.69 Å². The van der Waals surface area contributed by atoms with Crippen LogP contribution in [0.25, 0.3) is 27.0 Å². The molecule has 2 aromatic heterocycles. The minimum Gasteiger partial charge on any atom is -0.497 e. The summed E-state index contributed by atoms with van der Waals surface area (Å²) in [6, 6.07) is 11.9. The lowest BCUT2D eigenvalue weighted by Gasteiger charge is -2.12. The van der Waals surface area contributed by atoms with Crippen LogP contribution in [0.3, 0.4) is 0 Å². The summed E-state index contributed by atoms with van der Waals surface area (Å²) in [6.07, 6.45) is -4.83. The van der Waals surface area contributed by atoms with E-state index < -0.39 is 28.7 Å². The summed E-state index contributed by atoms with van der Waals surface area (Å²) in [7, 11) is 1.56. The normalized spacial score (nSPS) is 11.8. The Labute approximate surface area is 171 Å². The first-order valence-electron chi connectivity index (χ1n) is 8.68. The molecule has 0 radical (unpaired) electrons. The Morgan fingerprint density at radius 3 is 2.43 bits per heavy atom. The van der Waals surface area contributed by atoms with Gasteiger partial charge in [0.1, 0.15) is 11.4 Å². The second kappa shape index (κ2) is 7.13. The van der Waals surface area contributed by atoms with E-state index in [1.165, 1.54) is 17.6 Å². The molecule has 0 saturated heterocycles. The van der Waals surface area contributed by atoms with Crippen molar-refractivity contribution < 1.29 is 17.9 Å². The van der Waals surface area contributed by atoms with Gasteiger partial charge in [-0.2, -0.15) is 17.5 Å². The smallest absolute Gasteiger partial charge is 0.431 e. The van der Waals surface area contributed by atoms with Crippen molar-refractivity contribution in [1.82, 2.24) is 13.9 Å². The van der Waals surface area contributed by atoms with Crippen LogP contribution in [0.1, 0.15) is 11.3 Å². The molecule has 30 heavy (non-hydrogen) atoms. The monoisotopic (exact) mass is 433 g/mol. The molecule has 0 spiro atoms. The van der Waals surface area contributed by atoms with Gasteiger partial charge in [-0.3, -0.25) is 4.79 Å². The van der Waals surface area contributed by atoms with Gasteiger partial charge in [0.25, 0.3) is 5.56 Å². The van der Waals surface area contributed by atoms with Crippen LogP contribution in [0.5, 0.6) is 5.75 Å². The number of rotatable bonds is 3. The molecule has 4 aromatic rings. The minimum absolute atomic E-state index is 0.153. The van der Waals surface area contributed by atoms with Gasteiger partial charge >= 0.3 is 11.9 Å². The maximum atomic E-state index is 13.1. The van der Waals surface area contributed by atoms with Crippen LogP contribution in [0.15, 0.2) is 52.1 Å².